The molecule has 186 valence electrons. The topological polar surface area (TPSA) is 71.9 Å². The number of piperidine rings is 1. The molecule has 1 saturated heterocycles. The lowest BCUT2D eigenvalue weighted by molar-refractivity contribution is -0.146. The fraction of sp³-hybridized carbons (Fsp3) is 0.429. The average molecular weight is 495 g/mol. The predicted molar refractivity (Wildman–Crippen MR) is 141 cm³/mol. The van der Waals surface area contributed by atoms with Gasteiger partial charge in [-0.15, -0.1) is 11.8 Å². The summed E-state index contributed by atoms with van der Waals surface area (Å²) in [5.74, 6) is 1.87. The van der Waals surface area contributed by atoms with Crippen molar-refractivity contribution in [1.82, 2.24) is 9.88 Å². The Morgan fingerprint density at radius 2 is 1.97 bits per heavy atom. The van der Waals surface area contributed by atoms with Crippen LogP contribution in [0.4, 0.5) is 0 Å². The normalized spacial score (nSPS) is 18.5. The number of aryl methyl sites for hydroxylation is 1. The van der Waals surface area contributed by atoms with Gasteiger partial charge in [-0.25, -0.2) is 0 Å². The second-order valence-corrected chi connectivity index (χ2v) is 10.2. The Balaban J connectivity index is 1.28. The van der Waals surface area contributed by atoms with Gasteiger partial charge in [0.25, 0.3) is 0 Å². The number of thioether (sulfide) groups is 1. The Morgan fingerprint density at radius 1 is 1.14 bits per heavy atom. The van der Waals surface area contributed by atoms with E-state index in [4.69, 9.17) is 9.47 Å². The Morgan fingerprint density at radius 3 is 2.77 bits per heavy atom. The number of carboxylic acids is 1. The van der Waals surface area contributed by atoms with Crippen LogP contribution in [-0.4, -0.2) is 60.6 Å². The molecule has 0 amide bonds. The summed E-state index contributed by atoms with van der Waals surface area (Å²) < 4.78 is 10.7. The van der Waals surface area contributed by atoms with E-state index in [1.54, 1.807) is 26.0 Å². The lowest BCUT2D eigenvalue weighted by Crippen LogP contribution is -2.44. The summed E-state index contributed by atoms with van der Waals surface area (Å²) >= 11 is 1.79. The van der Waals surface area contributed by atoms with Gasteiger partial charge in [-0.3, -0.25) is 9.78 Å². The van der Waals surface area contributed by atoms with Gasteiger partial charge in [-0.2, -0.15) is 0 Å². The molecule has 1 aliphatic heterocycles. The maximum Gasteiger partial charge on any atom is 0.308 e. The molecule has 2 aromatic carbocycles. The molecule has 0 saturated carbocycles. The van der Waals surface area contributed by atoms with Crippen LogP contribution in [0.2, 0.25) is 0 Å². The number of fused-ring (bicyclic) bond motifs is 1. The molecule has 2 atom stereocenters. The van der Waals surface area contributed by atoms with Crippen LogP contribution in [0.15, 0.2) is 59.6 Å². The minimum atomic E-state index is -0.667. The second kappa shape index (κ2) is 12.3. The van der Waals surface area contributed by atoms with Crippen molar-refractivity contribution in [3.63, 3.8) is 0 Å². The van der Waals surface area contributed by atoms with E-state index in [9.17, 15) is 9.90 Å². The van der Waals surface area contributed by atoms with Gasteiger partial charge in [0, 0.05) is 35.3 Å². The zero-order valence-electron chi connectivity index (χ0n) is 20.5. The third-order valence-corrected chi connectivity index (χ3v) is 7.91. The van der Waals surface area contributed by atoms with Crippen LogP contribution in [-0.2, 0) is 11.2 Å². The summed E-state index contributed by atoms with van der Waals surface area (Å²) in [5, 5.41) is 11.1. The van der Waals surface area contributed by atoms with Gasteiger partial charge in [-0.1, -0.05) is 6.07 Å². The monoisotopic (exact) mass is 494 g/mol. The fourth-order valence-corrected chi connectivity index (χ4v) is 5.92. The number of carbonyl (C=O) groups is 1. The largest absolute Gasteiger partial charge is 0.497 e. The summed E-state index contributed by atoms with van der Waals surface area (Å²) in [4.78, 5) is 20.0. The summed E-state index contributed by atoms with van der Waals surface area (Å²) in [6.07, 6.45) is 5.60. The van der Waals surface area contributed by atoms with Gasteiger partial charge in [0.15, 0.2) is 0 Å². The minimum absolute atomic E-state index is 0.220. The highest BCUT2D eigenvalue weighted by Crippen LogP contribution is 2.31. The van der Waals surface area contributed by atoms with Crippen LogP contribution >= 0.6 is 11.8 Å². The van der Waals surface area contributed by atoms with Crippen molar-refractivity contribution >= 4 is 28.6 Å². The third kappa shape index (κ3) is 6.67. The van der Waals surface area contributed by atoms with Gasteiger partial charge >= 0.3 is 5.97 Å². The maximum absolute atomic E-state index is 12.1. The van der Waals surface area contributed by atoms with E-state index >= 15 is 0 Å². The quantitative estimate of drug-likeness (QED) is 0.358. The third-order valence-electron chi connectivity index (χ3n) is 6.93. The molecule has 35 heavy (non-hydrogen) atoms. The number of aliphatic carboxylic acids is 1. The number of ether oxygens (including phenoxy) is 2. The van der Waals surface area contributed by atoms with Crippen molar-refractivity contribution in [2.45, 2.75) is 30.6 Å². The summed E-state index contributed by atoms with van der Waals surface area (Å²) in [6.45, 7) is 2.49. The molecule has 0 radical (unpaired) electrons. The number of aromatic nitrogens is 1. The Labute approximate surface area is 211 Å². The minimum Gasteiger partial charge on any atom is -0.497 e. The van der Waals surface area contributed by atoms with Crippen LogP contribution in [0.1, 0.15) is 24.8 Å². The predicted octanol–water partition coefficient (Wildman–Crippen LogP) is 5.39. The first-order chi connectivity index (χ1) is 17.1. The fourth-order valence-electron chi connectivity index (χ4n) is 4.96. The number of pyridine rings is 1. The number of nitrogens with zero attached hydrogens (tertiary/aromatic N) is 2. The van der Waals surface area contributed by atoms with Crippen molar-refractivity contribution in [1.29, 1.82) is 0 Å². The number of hydrogen-bond acceptors (Lipinski definition) is 6. The molecule has 6 nitrogen and oxygen atoms in total. The van der Waals surface area contributed by atoms with Crippen LogP contribution in [0.25, 0.3) is 10.9 Å². The lowest BCUT2D eigenvalue weighted by atomic mass is 9.81. The highest BCUT2D eigenvalue weighted by Gasteiger charge is 2.33. The molecule has 1 aliphatic rings. The summed E-state index contributed by atoms with van der Waals surface area (Å²) in [6, 6.07) is 16.1. The van der Waals surface area contributed by atoms with Gasteiger partial charge in [-0.05, 0) is 86.2 Å². The number of methoxy groups -OCH3 is 2. The van der Waals surface area contributed by atoms with Gasteiger partial charge in [0.05, 0.1) is 25.7 Å². The number of likely N-dealkylation sites (tertiary alicyclic amines) is 1. The first-order valence-electron chi connectivity index (χ1n) is 12.2. The zero-order chi connectivity index (χ0) is 24.6. The van der Waals surface area contributed by atoms with E-state index in [2.05, 4.69) is 22.0 Å². The van der Waals surface area contributed by atoms with Gasteiger partial charge in [0.1, 0.15) is 11.5 Å². The summed E-state index contributed by atoms with van der Waals surface area (Å²) in [5.41, 5.74) is 2.21. The second-order valence-electron chi connectivity index (χ2n) is 9.07. The Hall–Kier alpha value is -2.77. The van der Waals surface area contributed by atoms with Gasteiger partial charge < -0.3 is 19.5 Å². The van der Waals surface area contributed by atoms with Crippen LogP contribution in [0, 0.1) is 11.8 Å². The molecule has 0 aliphatic carbocycles. The molecule has 1 aromatic heterocycles. The van der Waals surface area contributed by atoms with Crippen molar-refractivity contribution in [3.8, 4) is 11.5 Å². The standard InChI is InChI=1S/C28H34N2O4S/c1-33-22-7-4-8-24(17-22)35-16-15-30-14-12-21(26(19-30)28(31)32)6-3-5-20-11-13-29-27-10-9-23(34-2)18-25(20)27/h4,7-11,13,17-18,21,26H,3,5-6,12,14-16,19H2,1-2H3,(H,31,32)/t21-,26+/m1/s1. The van der Waals surface area contributed by atoms with E-state index in [1.165, 1.54) is 10.5 Å². The van der Waals surface area contributed by atoms with E-state index in [-0.39, 0.29) is 11.8 Å². The molecule has 0 spiro atoms. The Kier molecular flexibility index (Phi) is 8.88. The summed E-state index contributed by atoms with van der Waals surface area (Å²) in [7, 11) is 3.35. The molecular formula is C28H34N2O4S. The van der Waals surface area contributed by atoms with Gasteiger partial charge in [0.2, 0.25) is 0 Å². The zero-order valence-corrected chi connectivity index (χ0v) is 21.3. The van der Waals surface area contributed by atoms with Crippen molar-refractivity contribution in [2.24, 2.45) is 11.8 Å². The van der Waals surface area contributed by atoms with Crippen LogP contribution < -0.4 is 9.47 Å². The highest BCUT2D eigenvalue weighted by molar-refractivity contribution is 7.99. The molecule has 3 aromatic rings. The molecule has 7 heteroatoms. The smallest absolute Gasteiger partial charge is 0.308 e. The van der Waals surface area contributed by atoms with E-state index in [0.717, 1.165) is 66.9 Å². The van der Waals surface area contributed by atoms with E-state index < -0.39 is 5.97 Å². The van der Waals surface area contributed by atoms with Crippen LogP contribution in [0.3, 0.4) is 0 Å². The molecule has 0 unspecified atom stereocenters. The molecule has 2 heterocycles. The van der Waals surface area contributed by atoms with Crippen molar-refractivity contribution in [3.05, 3.63) is 60.3 Å². The van der Waals surface area contributed by atoms with Crippen molar-refractivity contribution < 1.29 is 19.4 Å². The first kappa shape index (κ1) is 25.3. The Bertz CT molecular complexity index is 1140. The number of rotatable bonds is 11. The number of benzene rings is 2. The first-order valence-corrected chi connectivity index (χ1v) is 13.2. The number of hydrogen-bond donors (Lipinski definition) is 1. The SMILES string of the molecule is COc1cccc(SCCN2CC[C@@H](CCCc3ccnc4ccc(OC)cc34)[C@@H](C(=O)O)C2)c1. The average Bonchev–Trinajstić information content (AvgIpc) is 2.89. The van der Waals surface area contributed by atoms with Crippen molar-refractivity contribution in [2.75, 3.05) is 39.6 Å². The molecule has 1 fully saturated rings. The van der Waals surface area contributed by atoms with Crippen LogP contribution in [0.5, 0.6) is 11.5 Å². The number of carboxylic acid groups (broad SMARTS) is 1. The van der Waals surface area contributed by atoms with E-state index in [0.29, 0.717) is 6.54 Å². The highest BCUT2D eigenvalue weighted by atomic mass is 32.2. The molecule has 1 N–H and O–H groups in total. The molecule has 4 rings (SSSR count). The molecular weight excluding hydrogens is 460 g/mol. The lowest BCUT2D eigenvalue weighted by Gasteiger charge is -2.36. The van der Waals surface area contributed by atoms with E-state index in [1.807, 2.05) is 42.6 Å². The maximum atomic E-state index is 12.1. The molecule has 0 bridgehead atoms.